The third-order valence-electron chi connectivity index (χ3n) is 2.70. The van der Waals surface area contributed by atoms with Gasteiger partial charge in [-0.25, -0.2) is 8.78 Å². The van der Waals surface area contributed by atoms with Gasteiger partial charge in [0.1, 0.15) is 6.61 Å². The van der Waals surface area contributed by atoms with Crippen LogP contribution in [0.5, 0.6) is 0 Å². The highest BCUT2D eigenvalue weighted by Crippen LogP contribution is 2.17. The van der Waals surface area contributed by atoms with Crippen molar-refractivity contribution in [1.29, 1.82) is 0 Å². The molecule has 0 bridgehead atoms. The topological polar surface area (TPSA) is 74.2 Å². The summed E-state index contributed by atoms with van der Waals surface area (Å²) in [6, 6.07) is -0.0339. The van der Waals surface area contributed by atoms with Crippen LogP contribution >= 0.6 is 0 Å². The Balaban J connectivity index is 2.38. The second-order valence-corrected chi connectivity index (χ2v) is 4.13. The molecule has 2 N–H and O–H groups in total. The summed E-state index contributed by atoms with van der Waals surface area (Å²) in [5.41, 5.74) is 5.88. The van der Waals surface area contributed by atoms with Gasteiger partial charge in [0.25, 0.3) is 6.43 Å². The van der Waals surface area contributed by atoms with E-state index in [1.165, 1.54) is 0 Å². The van der Waals surface area contributed by atoms with E-state index >= 15 is 0 Å². The predicted octanol–water partition coefficient (Wildman–Crippen LogP) is 1.73. The maximum atomic E-state index is 11.8. The fourth-order valence-corrected chi connectivity index (χ4v) is 1.43. The second-order valence-electron chi connectivity index (χ2n) is 4.13. The van der Waals surface area contributed by atoms with E-state index < -0.39 is 13.0 Å². The van der Waals surface area contributed by atoms with Crippen molar-refractivity contribution in [3.8, 4) is 0 Å². The van der Waals surface area contributed by atoms with Gasteiger partial charge in [-0.1, -0.05) is 19.0 Å². The molecule has 0 amide bonds. The van der Waals surface area contributed by atoms with Crippen molar-refractivity contribution in [2.45, 2.75) is 45.1 Å². The number of nitrogens with two attached hydrogens (primary N) is 1. The molecule has 2 unspecified atom stereocenters. The SMILES string of the molecule is CCC(N)C(C)c1nc(CCOCC(F)F)no1. The van der Waals surface area contributed by atoms with Gasteiger partial charge >= 0.3 is 0 Å². The number of ether oxygens (including phenoxy) is 1. The van der Waals surface area contributed by atoms with Gasteiger partial charge in [0.15, 0.2) is 5.82 Å². The molecule has 0 saturated heterocycles. The minimum Gasteiger partial charge on any atom is -0.375 e. The van der Waals surface area contributed by atoms with E-state index in [1.54, 1.807) is 0 Å². The van der Waals surface area contributed by atoms with E-state index in [4.69, 9.17) is 15.0 Å². The van der Waals surface area contributed by atoms with Crippen LogP contribution in [0.3, 0.4) is 0 Å². The molecule has 18 heavy (non-hydrogen) atoms. The average Bonchev–Trinajstić information content (AvgIpc) is 2.81. The average molecular weight is 263 g/mol. The van der Waals surface area contributed by atoms with Crippen molar-refractivity contribution in [2.24, 2.45) is 5.73 Å². The van der Waals surface area contributed by atoms with E-state index in [2.05, 4.69) is 10.1 Å². The first-order valence-electron chi connectivity index (χ1n) is 5.98. The molecule has 1 rings (SSSR count). The first-order valence-corrected chi connectivity index (χ1v) is 5.98. The highest BCUT2D eigenvalue weighted by atomic mass is 19.3. The van der Waals surface area contributed by atoms with Crippen molar-refractivity contribution in [2.75, 3.05) is 13.2 Å². The maximum absolute atomic E-state index is 11.8. The number of halogens is 2. The summed E-state index contributed by atoms with van der Waals surface area (Å²) in [6.45, 7) is 3.48. The van der Waals surface area contributed by atoms with Crippen LogP contribution in [0.2, 0.25) is 0 Å². The minimum absolute atomic E-state index is 0.0155. The number of alkyl halides is 2. The maximum Gasteiger partial charge on any atom is 0.261 e. The molecule has 0 fully saturated rings. The fraction of sp³-hybridized carbons (Fsp3) is 0.818. The molecule has 0 aliphatic heterocycles. The van der Waals surface area contributed by atoms with E-state index in [-0.39, 0.29) is 18.6 Å². The third kappa shape index (κ3) is 4.66. The van der Waals surface area contributed by atoms with Crippen LogP contribution in [0.15, 0.2) is 4.52 Å². The van der Waals surface area contributed by atoms with Gasteiger partial charge in [-0.15, -0.1) is 0 Å². The van der Waals surface area contributed by atoms with Crippen LogP contribution in [0.25, 0.3) is 0 Å². The largest absolute Gasteiger partial charge is 0.375 e. The van der Waals surface area contributed by atoms with Gasteiger partial charge in [-0.3, -0.25) is 0 Å². The van der Waals surface area contributed by atoms with Crippen LogP contribution in [0.1, 0.15) is 37.9 Å². The molecular weight excluding hydrogens is 244 g/mol. The Morgan fingerprint density at radius 1 is 1.44 bits per heavy atom. The summed E-state index contributed by atoms with van der Waals surface area (Å²) in [7, 11) is 0. The lowest BCUT2D eigenvalue weighted by Crippen LogP contribution is -2.25. The Bertz CT molecular complexity index is 347. The molecule has 0 saturated carbocycles. The molecule has 5 nitrogen and oxygen atoms in total. The van der Waals surface area contributed by atoms with Crippen LogP contribution in [-0.2, 0) is 11.2 Å². The number of rotatable bonds is 8. The molecule has 1 aromatic rings. The molecule has 7 heteroatoms. The van der Waals surface area contributed by atoms with Crippen LogP contribution in [-0.4, -0.2) is 35.8 Å². The molecular formula is C11H19F2N3O2. The van der Waals surface area contributed by atoms with E-state index in [1.807, 2.05) is 13.8 Å². The lowest BCUT2D eigenvalue weighted by atomic mass is 10.0. The van der Waals surface area contributed by atoms with Gasteiger partial charge in [-0.05, 0) is 6.42 Å². The number of nitrogens with zero attached hydrogens (tertiary/aromatic N) is 2. The molecule has 1 aromatic heterocycles. The van der Waals surface area contributed by atoms with Crippen LogP contribution < -0.4 is 5.73 Å². The highest BCUT2D eigenvalue weighted by molar-refractivity contribution is 4.96. The van der Waals surface area contributed by atoms with Gasteiger partial charge in [0, 0.05) is 12.5 Å². The monoisotopic (exact) mass is 263 g/mol. The lowest BCUT2D eigenvalue weighted by molar-refractivity contribution is 0.0182. The first-order chi connectivity index (χ1) is 8.54. The molecule has 0 aliphatic rings. The molecule has 0 aromatic carbocycles. The van der Waals surface area contributed by atoms with E-state index in [0.717, 1.165) is 6.42 Å². The molecule has 0 spiro atoms. The van der Waals surface area contributed by atoms with Crippen molar-refractivity contribution in [3.63, 3.8) is 0 Å². The molecule has 0 aliphatic carbocycles. The van der Waals surface area contributed by atoms with Crippen molar-refractivity contribution >= 4 is 0 Å². The number of aromatic nitrogens is 2. The van der Waals surface area contributed by atoms with Gasteiger partial charge in [0.2, 0.25) is 5.89 Å². The van der Waals surface area contributed by atoms with Gasteiger partial charge in [0.05, 0.1) is 12.5 Å². The van der Waals surface area contributed by atoms with Crippen molar-refractivity contribution in [1.82, 2.24) is 10.1 Å². The van der Waals surface area contributed by atoms with Crippen molar-refractivity contribution in [3.05, 3.63) is 11.7 Å². The normalized spacial score (nSPS) is 15.0. The smallest absolute Gasteiger partial charge is 0.261 e. The Morgan fingerprint density at radius 2 is 2.17 bits per heavy atom. The quantitative estimate of drug-likeness (QED) is 0.723. The number of hydrogen-bond donors (Lipinski definition) is 1. The van der Waals surface area contributed by atoms with E-state index in [0.29, 0.717) is 18.1 Å². The molecule has 2 atom stereocenters. The van der Waals surface area contributed by atoms with Crippen LogP contribution in [0.4, 0.5) is 8.78 Å². The Labute approximate surface area is 105 Å². The summed E-state index contributed by atoms with van der Waals surface area (Å²) in [5.74, 6) is 0.917. The zero-order valence-corrected chi connectivity index (χ0v) is 10.6. The van der Waals surface area contributed by atoms with Gasteiger partial charge < -0.3 is 15.0 Å². The minimum atomic E-state index is -2.45. The zero-order chi connectivity index (χ0) is 13.5. The Kier molecular flexibility index (Phi) is 6.14. The molecule has 1 heterocycles. The number of hydrogen-bond acceptors (Lipinski definition) is 5. The second kappa shape index (κ2) is 7.38. The standard InChI is InChI=1S/C11H19F2N3O2/c1-3-8(14)7(2)11-15-10(16-18-11)4-5-17-6-9(12)13/h7-9H,3-6,14H2,1-2H3. The highest BCUT2D eigenvalue weighted by Gasteiger charge is 2.19. The Hall–Kier alpha value is -1.08. The third-order valence-corrected chi connectivity index (χ3v) is 2.70. The zero-order valence-electron chi connectivity index (χ0n) is 10.6. The molecule has 104 valence electrons. The van der Waals surface area contributed by atoms with Crippen molar-refractivity contribution < 1.29 is 18.0 Å². The molecule has 0 radical (unpaired) electrons. The fourth-order valence-electron chi connectivity index (χ4n) is 1.43. The first kappa shape index (κ1) is 15.0. The predicted molar refractivity (Wildman–Crippen MR) is 61.5 cm³/mol. The summed E-state index contributed by atoms with van der Waals surface area (Å²) >= 11 is 0. The summed E-state index contributed by atoms with van der Waals surface area (Å²) in [6.07, 6.45) is -1.28. The van der Waals surface area contributed by atoms with Gasteiger partial charge in [-0.2, -0.15) is 4.98 Å². The van der Waals surface area contributed by atoms with Crippen LogP contribution in [0, 0.1) is 0 Å². The Morgan fingerprint density at radius 3 is 2.78 bits per heavy atom. The lowest BCUT2D eigenvalue weighted by Gasteiger charge is -2.13. The summed E-state index contributed by atoms with van der Waals surface area (Å²) in [5, 5.41) is 3.76. The van der Waals surface area contributed by atoms with E-state index in [9.17, 15) is 8.78 Å². The summed E-state index contributed by atoms with van der Waals surface area (Å²) < 4.78 is 33.4. The summed E-state index contributed by atoms with van der Waals surface area (Å²) in [4.78, 5) is 4.17.